The largest absolute Gasteiger partial charge is 0.496 e. The summed E-state index contributed by atoms with van der Waals surface area (Å²) in [6.45, 7) is 0.0922. The maximum Gasteiger partial charge on any atom is 0.337 e. The molecule has 0 N–H and O–H groups in total. The second-order valence-corrected chi connectivity index (χ2v) is 7.45. The van der Waals surface area contributed by atoms with Crippen molar-refractivity contribution in [3.8, 4) is 11.5 Å². The van der Waals surface area contributed by atoms with Crippen LogP contribution in [-0.4, -0.2) is 56.2 Å². The summed E-state index contributed by atoms with van der Waals surface area (Å²) in [7, 11) is 4.25. The van der Waals surface area contributed by atoms with Gasteiger partial charge in [0.15, 0.2) is 12.1 Å². The Hall–Kier alpha value is -3.66. The first-order valence-corrected chi connectivity index (χ1v) is 9.91. The van der Waals surface area contributed by atoms with Gasteiger partial charge in [-0.3, -0.25) is 14.6 Å². The van der Waals surface area contributed by atoms with E-state index in [9.17, 15) is 14.4 Å². The molecule has 0 spiro atoms. The number of esters is 1. The third-order valence-electron chi connectivity index (χ3n) is 5.29. The minimum absolute atomic E-state index is 0.0922. The minimum Gasteiger partial charge on any atom is -0.496 e. The van der Waals surface area contributed by atoms with Crippen LogP contribution in [0.15, 0.2) is 46.7 Å². The molecule has 0 bridgehead atoms. The second-order valence-electron chi connectivity index (χ2n) is 7.04. The molecule has 2 amide bonds. The normalized spacial score (nSPS) is 19.4. The number of fused-ring (bicyclic) bond motifs is 1. The van der Waals surface area contributed by atoms with Crippen LogP contribution in [0.3, 0.4) is 0 Å². The molecule has 166 valence electrons. The molecular formula is C21H19ClN4O6. The van der Waals surface area contributed by atoms with E-state index in [1.54, 1.807) is 30.3 Å². The first-order valence-electron chi connectivity index (χ1n) is 9.53. The molecule has 32 heavy (non-hydrogen) atoms. The van der Waals surface area contributed by atoms with Crippen molar-refractivity contribution in [3.63, 3.8) is 0 Å². The standard InChI is InChI=1S/C21H19ClN4O6/c1-30-15-6-4-11(21(29)32-3)8-12(15)10-25-18-17(23-24-25)19(27)26(20(18)28)13-5-7-16(31-2)14(22)9-13/h4-9,17-18H,10H2,1-3H3/t17-,18-/m1/s1. The topological polar surface area (TPSA) is 110 Å². The Balaban J connectivity index is 1.62. The third kappa shape index (κ3) is 3.52. The van der Waals surface area contributed by atoms with E-state index < -0.39 is 29.9 Å². The molecule has 2 aromatic carbocycles. The Bertz CT molecular complexity index is 1140. The number of imide groups is 1. The fraction of sp³-hybridized carbons (Fsp3) is 0.286. The summed E-state index contributed by atoms with van der Waals surface area (Å²) < 4.78 is 15.3. The van der Waals surface area contributed by atoms with E-state index in [0.29, 0.717) is 28.3 Å². The number of nitrogens with zero attached hydrogens (tertiary/aromatic N) is 4. The molecule has 1 fully saturated rings. The number of anilines is 1. The Morgan fingerprint density at radius 1 is 1.03 bits per heavy atom. The maximum absolute atomic E-state index is 13.2. The van der Waals surface area contributed by atoms with Crippen molar-refractivity contribution in [2.75, 3.05) is 26.2 Å². The van der Waals surface area contributed by atoms with Gasteiger partial charge in [-0.15, -0.1) is 0 Å². The summed E-state index contributed by atoms with van der Waals surface area (Å²) >= 11 is 6.17. The molecule has 11 heteroatoms. The van der Waals surface area contributed by atoms with Gasteiger partial charge >= 0.3 is 5.97 Å². The molecule has 2 aromatic rings. The summed E-state index contributed by atoms with van der Waals surface area (Å²) in [6.07, 6.45) is 0. The van der Waals surface area contributed by atoms with Crippen LogP contribution in [-0.2, 0) is 20.9 Å². The predicted octanol–water partition coefficient (Wildman–Crippen LogP) is 2.64. The lowest BCUT2D eigenvalue weighted by Crippen LogP contribution is -2.39. The predicted molar refractivity (Wildman–Crippen MR) is 113 cm³/mol. The summed E-state index contributed by atoms with van der Waals surface area (Å²) in [6, 6.07) is 7.53. The van der Waals surface area contributed by atoms with E-state index in [0.717, 1.165) is 4.90 Å². The van der Waals surface area contributed by atoms with Gasteiger partial charge in [-0.25, -0.2) is 9.69 Å². The number of amides is 2. The van der Waals surface area contributed by atoms with Crippen molar-refractivity contribution in [1.82, 2.24) is 5.01 Å². The highest BCUT2D eigenvalue weighted by molar-refractivity contribution is 6.33. The minimum atomic E-state index is -0.974. The van der Waals surface area contributed by atoms with Crippen LogP contribution in [0, 0.1) is 0 Å². The summed E-state index contributed by atoms with van der Waals surface area (Å²) in [4.78, 5) is 39.1. The zero-order valence-electron chi connectivity index (χ0n) is 17.4. The summed E-state index contributed by atoms with van der Waals surface area (Å²) in [5, 5.41) is 9.73. The Kier molecular flexibility index (Phi) is 5.70. The summed E-state index contributed by atoms with van der Waals surface area (Å²) in [5.41, 5.74) is 1.22. The van der Waals surface area contributed by atoms with E-state index in [1.807, 2.05) is 0 Å². The van der Waals surface area contributed by atoms with E-state index in [-0.39, 0.29) is 11.6 Å². The lowest BCUT2D eigenvalue weighted by Gasteiger charge is -2.22. The van der Waals surface area contributed by atoms with Crippen LogP contribution in [0.5, 0.6) is 11.5 Å². The van der Waals surface area contributed by atoms with Crippen LogP contribution < -0.4 is 14.4 Å². The molecule has 1 saturated heterocycles. The van der Waals surface area contributed by atoms with Gasteiger partial charge in [0.25, 0.3) is 11.8 Å². The van der Waals surface area contributed by atoms with E-state index in [4.69, 9.17) is 25.8 Å². The molecule has 0 aliphatic carbocycles. The van der Waals surface area contributed by atoms with Crippen LogP contribution in [0.1, 0.15) is 15.9 Å². The van der Waals surface area contributed by atoms with Gasteiger partial charge in [-0.2, -0.15) is 5.11 Å². The molecule has 0 radical (unpaired) electrons. The van der Waals surface area contributed by atoms with Crippen molar-refractivity contribution >= 4 is 35.1 Å². The van der Waals surface area contributed by atoms with Crippen molar-refractivity contribution in [2.45, 2.75) is 18.6 Å². The van der Waals surface area contributed by atoms with Crippen LogP contribution in [0.2, 0.25) is 5.02 Å². The van der Waals surface area contributed by atoms with E-state index in [1.165, 1.54) is 32.4 Å². The highest BCUT2D eigenvalue weighted by Crippen LogP contribution is 2.36. The van der Waals surface area contributed by atoms with E-state index in [2.05, 4.69) is 10.3 Å². The molecule has 2 heterocycles. The molecule has 4 rings (SSSR count). The SMILES string of the molecule is COC(=O)c1ccc(OC)c(CN2N=N[C@H]3C(=O)N(c4ccc(OC)c(Cl)c4)C(=O)[C@@H]32)c1. The van der Waals surface area contributed by atoms with Crippen LogP contribution in [0.25, 0.3) is 0 Å². The number of hydrogen-bond acceptors (Lipinski definition) is 9. The molecule has 0 aromatic heterocycles. The molecule has 2 aliphatic rings. The zero-order valence-corrected chi connectivity index (χ0v) is 18.2. The lowest BCUT2D eigenvalue weighted by molar-refractivity contribution is -0.123. The lowest BCUT2D eigenvalue weighted by atomic mass is 10.1. The highest BCUT2D eigenvalue weighted by Gasteiger charge is 2.54. The number of carbonyl (C=O) groups excluding carboxylic acids is 3. The molecule has 2 aliphatic heterocycles. The Morgan fingerprint density at radius 3 is 2.41 bits per heavy atom. The summed E-state index contributed by atoms with van der Waals surface area (Å²) in [5.74, 6) is -0.568. The van der Waals surface area contributed by atoms with Crippen molar-refractivity contribution in [2.24, 2.45) is 10.3 Å². The average Bonchev–Trinajstić information content (AvgIpc) is 3.32. The molecular weight excluding hydrogens is 440 g/mol. The van der Waals surface area contributed by atoms with Crippen LogP contribution >= 0.6 is 11.6 Å². The van der Waals surface area contributed by atoms with Gasteiger partial charge in [0.05, 0.1) is 44.1 Å². The smallest absolute Gasteiger partial charge is 0.337 e. The van der Waals surface area contributed by atoms with Gasteiger partial charge in [0.2, 0.25) is 0 Å². The first kappa shape index (κ1) is 21.6. The molecule has 0 unspecified atom stereocenters. The third-order valence-corrected chi connectivity index (χ3v) is 5.58. The number of rotatable bonds is 6. The quantitative estimate of drug-likeness (QED) is 0.483. The van der Waals surface area contributed by atoms with Gasteiger partial charge in [-0.05, 0) is 36.4 Å². The Labute approximate surface area is 188 Å². The second kappa shape index (κ2) is 8.46. The number of methoxy groups -OCH3 is 3. The number of benzene rings is 2. The number of ether oxygens (including phenoxy) is 3. The first-order chi connectivity index (χ1) is 15.4. The van der Waals surface area contributed by atoms with Gasteiger partial charge < -0.3 is 14.2 Å². The van der Waals surface area contributed by atoms with Crippen molar-refractivity contribution < 1.29 is 28.6 Å². The van der Waals surface area contributed by atoms with Gasteiger partial charge in [-0.1, -0.05) is 16.8 Å². The fourth-order valence-corrected chi connectivity index (χ4v) is 3.98. The fourth-order valence-electron chi connectivity index (χ4n) is 3.72. The molecule has 2 atom stereocenters. The number of halogens is 1. The van der Waals surface area contributed by atoms with Crippen molar-refractivity contribution in [3.05, 3.63) is 52.5 Å². The zero-order chi connectivity index (χ0) is 23.0. The number of hydrogen-bond donors (Lipinski definition) is 0. The van der Waals surface area contributed by atoms with Gasteiger partial charge in [0, 0.05) is 5.56 Å². The Morgan fingerprint density at radius 2 is 1.75 bits per heavy atom. The van der Waals surface area contributed by atoms with Crippen LogP contribution in [0.4, 0.5) is 5.69 Å². The van der Waals surface area contributed by atoms with Crippen molar-refractivity contribution in [1.29, 1.82) is 0 Å². The average molecular weight is 459 g/mol. The molecule has 0 saturated carbocycles. The molecule has 10 nitrogen and oxygen atoms in total. The highest BCUT2D eigenvalue weighted by atomic mass is 35.5. The van der Waals surface area contributed by atoms with E-state index >= 15 is 0 Å². The van der Waals surface area contributed by atoms with Gasteiger partial charge in [0.1, 0.15) is 11.5 Å². The number of carbonyl (C=O) groups is 3. The monoisotopic (exact) mass is 458 g/mol. The maximum atomic E-state index is 13.2.